The Kier molecular flexibility index (Phi) is 6.48. The molecule has 12 aromatic rings. The van der Waals surface area contributed by atoms with Crippen molar-refractivity contribution in [1.82, 2.24) is 0 Å². The van der Waals surface area contributed by atoms with Crippen molar-refractivity contribution in [1.29, 1.82) is 0 Å². The quantitative estimate of drug-likeness (QED) is 0.160. The normalized spacial score (nSPS) is 12.1. The first-order valence-corrected chi connectivity index (χ1v) is 20.1. The summed E-state index contributed by atoms with van der Waals surface area (Å²) in [5.74, 6) is 0. The molecule has 0 amide bonds. The van der Waals surface area contributed by atoms with E-state index in [4.69, 9.17) is 0 Å². The molecule has 54 heavy (non-hydrogen) atoms. The van der Waals surface area contributed by atoms with E-state index in [0.29, 0.717) is 0 Å². The van der Waals surface area contributed by atoms with Gasteiger partial charge in [0.05, 0.1) is 0 Å². The van der Waals surface area contributed by atoms with Gasteiger partial charge in [-0.1, -0.05) is 164 Å². The molecule has 0 atom stereocenters. The van der Waals surface area contributed by atoms with Crippen molar-refractivity contribution in [3.63, 3.8) is 0 Å². The summed E-state index contributed by atoms with van der Waals surface area (Å²) >= 11 is 3.86. The SMILES string of the molecule is c1ccc2c(-c3c4ccccc4c(-c4ccc(-c5c6sc7ccccc7c6cc6c5sc5ccccc56)c5ccccc45)c4ccccc34)cccc2c1. The highest BCUT2D eigenvalue weighted by Gasteiger charge is 2.23. The number of fused-ring (bicyclic) bond motifs is 10. The lowest BCUT2D eigenvalue weighted by atomic mass is 9.83. The van der Waals surface area contributed by atoms with Crippen LogP contribution in [0.25, 0.3) is 117 Å². The molecule has 2 heteroatoms. The van der Waals surface area contributed by atoms with Crippen LogP contribution in [0, 0.1) is 0 Å². The zero-order valence-electron chi connectivity index (χ0n) is 29.1. The molecule has 0 aliphatic carbocycles. The highest BCUT2D eigenvalue weighted by molar-refractivity contribution is 7.29. The second-order valence-electron chi connectivity index (χ2n) is 14.3. The van der Waals surface area contributed by atoms with Crippen molar-refractivity contribution in [3.8, 4) is 33.4 Å². The molecule has 0 saturated carbocycles. The maximum Gasteiger partial charge on any atom is 0.0448 e. The fourth-order valence-corrected chi connectivity index (χ4v) is 11.7. The lowest BCUT2D eigenvalue weighted by molar-refractivity contribution is 1.68. The molecule has 2 heterocycles. The molecule has 0 bridgehead atoms. The smallest absolute Gasteiger partial charge is 0.0448 e. The van der Waals surface area contributed by atoms with E-state index in [2.05, 4.69) is 182 Å². The molecule has 0 nitrogen and oxygen atoms in total. The molecule has 0 saturated heterocycles. The molecule has 2 aromatic heterocycles. The minimum atomic E-state index is 1.26. The van der Waals surface area contributed by atoms with E-state index in [1.54, 1.807) is 0 Å². The van der Waals surface area contributed by atoms with E-state index in [0.717, 1.165) is 0 Å². The lowest BCUT2D eigenvalue weighted by Gasteiger charge is -2.20. The molecule has 0 aliphatic rings. The lowest BCUT2D eigenvalue weighted by Crippen LogP contribution is -1.93. The van der Waals surface area contributed by atoms with Crippen LogP contribution in [0.5, 0.6) is 0 Å². The van der Waals surface area contributed by atoms with Crippen LogP contribution in [0.15, 0.2) is 182 Å². The van der Waals surface area contributed by atoms with E-state index in [9.17, 15) is 0 Å². The monoisotopic (exact) mass is 718 g/mol. The molecule has 0 spiro atoms. The Balaban J connectivity index is 1.20. The number of hydrogen-bond acceptors (Lipinski definition) is 2. The van der Waals surface area contributed by atoms with Gasteiger partial charge in [0.1, 0.15) is 0 Å². The molecule has 0 aliphatic heterocycles. The van der Waals surface area contributed by atoms with Gasteiger partial charge in [0.2, 0.25) is 0 Å². The van der Waals surface area contributed by atoms with Crippen LogP contribution in [0.4, 0.5) is 0 Å². The Hall–Kier alpha value is -6.32. The van der Waals surface area contributed by atoms with E-state index in [1.807, 2.05) is 22.7 Å². The van der Waals surface area contributed by atoms with Gasteiger partial charge >= 0.3 is 0 Å². The Labute approximate surface area is 319 Å². The van der Waals surface area contributed by atoms with E-state index >= 15 is 0 Å². The molecular formula is C52H30S2. The predicted molar refractivity (Wildman–Crippen MR) is 239 cm³/mol. The van der Waals surface area contributed by atoms with Gasteiger partial charge in [0.25, 0.3) is 0 Å². The molecule has 0 fully saturated rings. The van der Waals surface area contributed by atoms with Crippen molar-refractivity contribution in [2.45, 2.75) is 0 Å². The topological polar surface area (TPSA) is 0 Å². The Morgan fingerprint density at radius 3 is 1.13 bits per heavy atom. The van der Waals surface area contributed by atoms with Crippen molar-refractivity contribution in [2.75, 3.05) is 0 Å². The summed E-state index contributed by atoms with van der Waals surface area (Å²) in [5, 5.41) is 15.5. The first-order chi connectivity index (χ1) is 26.8. The molecule has 0 unspecified atom stereocenters. The van der Waals surface area contributed by atoms with Crippen molar-refractivity contribution < 1.29 is 0 Å². The Bertz CT molecular complexity index is 3350. The number of thiophene rings is 2. The van der Waals surface area contributed by atoms with Gasteiger partial charge in [-0.3, -0.25) is 0 Å². The fourth-order valence-electron chi connectivity index (χ4n) is 9.17. The van der Waals surface area contributed by atoms with Gasteiger partial charge in [-0.2, -0.15) is 0 Å². The second-order valence-corrected chi connectivity index (χ2v) is 16.4. The average Bonchev–Trinajstić information content (AvgIpc) is 3.80. The van der Waals surface area contributed by atoms with Crippen LogP contribution in [-0.4, -0.2) is 0 Å². The van der Waals surface area contributed by atoms with E-state index in [1.165, 1.54) is 117 Å². The third kappa shape index (κ3) is 4.24. The minimum absolute atomic E-state index is 1.26. The second kappa shape index (κ2) is 11.6. The molecule has 250 valence electrons. The first kappa shape index (κ1) is 30.2. The highest BCUT2D eigenvalue weighted by Crippen LogP contribution is 2.52. The maximum atomic E-state index is 2.46. The van der Waals surface area contributed by atoms with E-state index in [-0.39, 0.29) is 0 Å². The predicted octanol–water partition coefficient (Wildman–Crippen LogP) is 16.0. The summed E-state index contributed by atoms with van der Waals surface area (Å²) < 4.78 is 5.40. The number of hydrogen-bond donors (Lipinski definition) is 0. The Morgan fingerprint density at radius 1 is 0.241 bits per heavy atom. The summed E-state index contributed by atoms with van der Waals surface area (Å²) in [6.07, 6.45) is 0. The molecule has 0 N–H and O–H groups in total. The third-order valence-electron chi connectivity index (χ3n) is 11.5. The number of benzene rings is 10. The Morgan fingerprint density at radius 2 is 0.611 bits per heavy atom. The van der Waals surface area contributed by atoms with Crippen LogP contribution in [0.1, 0.15) is 0 Å². The van der Waals surface area contributed by atoms with Crippen LogP contribution >= 0.6 is 22.7 Å². The van der Waals surface area contributed by atoms with Gasteiger partial charge in [0.15, 0.2) is 0 Å². The van der Waals surface area contributed by atoms with Crippen LogP contribution in [0.3, 0.4) is 0 Å². The molecule has 0 radical (unpaired) electrons. The van der Waals surface area contributed by atoms with Gasteiger partial charge in [-0.15, -0.1) is 22.7 Å². The minimum Gasteiger partial charge on any atom is -0.134 e. The summed E-state index contributed by atoms with van der Waals surface area (Å²) in [5.41, 5.74) is 7.78. The summed E-state index contributed by atoms with van der Waals surface area (Å²) in [7, 11) is 0. The zero-order valence-corrected chi connectivity index (χ0v) is 30.8. The molecule has 10 aromatic carbocycles. The summed E-state index contributed by atoms with van der Waals surface area (Å²) in [6.45, 7) is 0. The fraction of sp³-hybridized carbons (Fsp3) is 0. The summed E-state index contributed by atoms with van der Waals surface area (Å²) in [6, 6.07) is 67.8. The molecule has 12 rings (SSSR count). The van der Waals surface area contributed by atoms with Crippen LogP contribution in [0.2, 0.25) is 0 Å². The van der Waals surface area contributed by atoms with Gasteiger partial charge in [-0.25, -0.2) is 0 Å². The largest absolute Gasteiger partial charge is 0.134 e. The number of rotatable bonds is 3. The average molecular weight is 719 g/mol. The first-order valence-electron chi connectivity index (χ1n) is 18.5. The van der Waals surface area contributed by atoms with E-state index < -0.39 is 0 Å². The third-order valence-corrected chi connectivity index (χ3v) is 13.9. The van der Waals surface area contributed by atoms with Gasteiger partial charge < -0.3 is 0 Å². The standard InChI is InChI=1S/C52H30S2/c1-2-16-32-31(14-1)15-13-25-37(32)48-38-21-5-7-23-40(38)49(41-24-8-6-22-39(41)48)42-28-29-43(34-18-4-3-17-33(34)42)50-51-44(35-19-9-11-26-46(35)53-51)30-45-36-20-10-12-27-47(36)54-52(45)50/h1-30H. The van der Waals surface area contributed by atoms with Crippen molar-refractivity contribution in [2.24, 2.45) is 0 Å². The van der Waals surface area contributed by atoms with Crippen molar-refractivity contribution >= 4 is 106 Å². The molecular weight excluding hydrogens is 689 g/mol. The highest BCUT2D eigenvalue weighted by atomic mass is 32.1. The maximum absolute atomic E-state index is 2.46. The van der Waals surface area contributed by atoms with Gasteiger partial charge in [0, 0.05) is 45.9 Å². The summed E-state index contributed by atoms with van der Waals surface area (Å²) in [4.78, 5) is 0. The van der Waals surface area contributed by atoms with Gasteiger partial charge in [-0.05, 0) is 89.1 Å². The van der Waals surface area contributed by atoms with Crippen LogP contribution in [-0.2, 0) is 0 Å². The van der Waals surface area contributed by atoms with Crippen molar-refractivity contribution in [3.05, 3.63) is 182 Å². The van der Waals surface area contributed by atoms with Crippen LogP contribution < -0.4 is 0 Å². The zero-order chi connectivity index (χ0) is 35.3.